The van der Waals surface area contributed by atoms with Gasteiger partial charge in [-0.3, -0.25) is 14.7 Å². The quantitative estimate of drug-likeness (QED) is 0.300. The number of ether oxygens (including phenoxy) is 1. The molecule has 12 nitrogen and oxygen atoms in total. The van der Waals surface area contributed by atoms with E-state index in [0.717, 1.165) is 22.2 Å². The van der Waals surface area contributed by atoms with E-state index in [0.29, 0.717) is 54.5 Å². The van der Waals surface area contributed by atoms with Crippen molar-refractivity contribution in [1.29, 1.82) is 0 Å². The SMILES string of the molecule is O=C(c1ccc(-n2cc(-c3n[nH]c4ccc(Cn5nc(-c6ccc(O)c(F)c6)ccc5=O)cc34)nn2)cc1)N1CCOCC1. The predicted octanol–water partition coefficient (Wildman–Crippen LogP) is 3.40. The van der Waals surface area contributed by atoms with Gasteiger partial charge in [0.05, 0.1) is 42.9 Å². The predicted molar refractivity (Wildman–Crippen MR) is 158 cm³/mol. The van der Waals surface area contributed by atoms with Gasteiger partial charge < -0.3 is 14.7 Å². The van der Waals surface area contributed by atoms with Crippen molar-refractivity contribution in [3.8, 4) is 34.1 Å². The van der Waals surface area contributed by atoms with E-state index in [4.69, 9.17) is 4.74 Å². The van der Waals surface area contributed by atoms with Gasteiger partial charge in [-0.1, -0.05) is 11.3 Å². The molecule has 1 aliphatic rings. The summed E-state index contributed by atoms with van der Waals surface area (Å²) in [5, 5.41) is 30.8. The number of H-pyrrole nitrogens is 1. The molecule has 1 saturated heterocycles. The van der Waals surface area contributed by atoms with Crippen LogP contribution in [0.1, 0.15) is 15.9 Å². The highest BCUT2D eigenvalue weighted by Gasteiger charge is 2.19. The van der Waals surface area contributed by atoms with Crippen LogP contribution in [0.3, 0.4) is 0 Å². The Balaban J connectivity index is 1.13. The smallest absolute Gasteiger partial charge is 0.267 e. The lowest BCUT2D eigenvalue weighted by molar-refractivity contribution is 0.0303. The molecule has 1 fully saturated rings. The van der Waals surface area contributed by atoms with Gasteiger partial charge in [-0.05, 0) is 66.2 Å². The van der Waals surface area contributed by atoms with Crippen molar-refractivity contribution >= 4 is 16.8 Å². The molecule has 0 saturated carbocycles. The minimum Gasteiger partial charge on any atom is -0.505 e. The maximum absolute atomic E-state index is 13.9. The van der Waals surface area contributed by atoms with Gasteiger partial charge in [-0.25, -0.2) is 13.8 Å². The zero-order valence-corrected chi connectivity index (χ0v) is 23.2. The monoisotopic (exact) mass is 592 g/mol. The molecule has 1 aliphatic heterocycles. The van der Waals surface area contributed by atoms with Crippen molar-refractivity contribution in [2.24, 2.45) is 0 Å². The summed E-state index contributed by atoms with van der Waals surface area (Å²) in [5.74, 6) is -1.26. The number of hydrogen-bond donors (Lipinski definition) is 2. The van der Waals surface area contributed by atoms with Gasteiger partial charge >= 0.3 is 0 Å². The first-order chi connectivity index (χ1) is 21.4. The van der Waals surface area contributed by atoms with Crippen LogP contribution in [0.15, 0.2) is 83.8 Å². The molecule has 0 unspecified atom stereocenters. The highest BCUT2D eigenvalue weighted by atomic mass is 19.1. The Hall–Kier alpha value is -5.69. The van der Waals surface area contributed by atoms with Crippen LogP contribution in [0, 0.1) is 5.82 Å². The lowest BCUT2D eigenvalue weighted by Gasteiger charge is -2.26. The van der Waals surface area contributed by atoms with Gasteiger partial charge in [-0.2, -0.15) is 10.2 Å². The van der Waals surface area contributed by atoms with Crippen molar-refractivity contribution in [3.05, 3.63) is 106 Å². The average molecular weight is 593 g/mol. The summed E-state index contributed by atoms with van der Waals surface area (Å²) in [6, 6.07) is 19.6. The molecule has 4 heterocycles. The van der Waals surface area contributed by atoms with E-state index >= 15 is 0 Å². The van der Waals surface area contributed by atoms with E-state index in [-0.39, 0.29) is 18.0 Å². The summed E-state index contributed by atoms with van der Waals surface area (Å²) in [6.07, 6.45) is 1.76. The highest BCUT2D eigenvalue weighted by Crippen LogP contribution is 2.27. The maximum Gasteiger partial charge on any atom is 0.267 e. The number of fused-ring (bicyclic) bond motifs is 1. The summed E-state index contributed by atoms with van der Waals surface area (Å²) in [5.41, 5.74) is 4.52. The molecule has 0 atom stereocenters. The normalized spacial score (nSPS) is 13.4. The molecule has 0 radical (unpaired) electrons. The third-order valence-corrected chi connectivity index (χ3v) is 7.48. The van der Waals surface area contributed by atoms with Crippen LogP contribution in [-0.2, 0) is 11.3 Å². The lowest BCUT2D eigenvalue weighted by Crippen LogP contribution is -2.40. The summed E-state index contributed by atoms with van der Waals surface area (Å²) in [6.45, 7) is 2.40. The van der Waals surface area contributed by atoms with Crippen molar-refractivity contribution < 1.29 is 19.0 Å². The van der Waals surface area contributed by atoms with Crippen molar-refractivity contribution in [2.75, 3.05) is 26.3 Å². The number of morpholine rings is 1. The molecule has 2 N–H and O–H groups in total. The molecular weight excluding hydrogens is 567 g/mol. The minimum atomic E-state index is -0.771. The Bertz CT molecular complexity index is 2060. The zero-order chi connectivity index (χ0) is 30.2. The van der Waals surface area contributed by atoms with Crippen LogP contribution in [0.25, 0.3) is 39.2 Å². The van der Waals surface area contributed by atoms with Crippen LogP contribution < -0.4 is 5.56 Å². The van der Waals surface area contributed by atoms with Crippen molar-refractivity contribution in [3.63, 3.8) is 0 Å². The summed E-state index contributed by atoms with van der Waals surface area (Å²) in [7, 11) is 0. The number of benzene rings is 3. The fourth-order valence-corrected chi connectivity index (χ4v) is 5.11. The third kappa shape index (κ3) is 5.20. The Morgan fingerprint density at radius 3 is 2.59 bits per heavy atom. The molecule has 3 aromatic heterocycles. The second-order valence-corrected chi connectivity index (χ2v) is 10.3. The molecule has 0 aliphatic carbocycles. The van der Waals surface area contributed by atoms with Gasteiger partial charge in [0.15, 0.2) is 11.6 Å². The zero-order valence-electron chi connectivity index (χ0n) is 23.2. The van der Waals surface area contributed by atoms with Gasteiger partial charge in [0.25, 0.3) is 11.5 Å². The molecule has 220 valence electrons. The van der Waals surface area contributed by atoms with Crippen LogP contribution in [0.2, 0.25) is 0 Å². The van der Waals surface area contributed by atoms with E-state index in [2.05, 4.69) is 25.6 Å². The van der Waals surface area contributed by atoms with E-state index in [1.807, 2.05) is 30.3 Å². The largest absolute Gasteiger partial charge is 0.505 e. The Morgan fingerprint density at radius 2 is 1.80 bits per heavy atom. The standard InChI is InChI=1S/C31H25FN8O4/c32-24-16-21(4-9-28(24)41)25-8-10-29(42)40(36-25)17-19-1-7-26-23(15-19)30(35-33-26)27-18-39(37-34-27)22-5-2-20(3-6-22)31(43)38-11-13-44-14-12-38/h1-10,15-16,18,41H,11-14,17H2,(H,33,35). The number of rotatable bonds is 6. The van der Waals surface area contributed by atoms with Gasteiger partial charge in [0.1, 0.15) is 11.4 Å². The third-order valence-electron chi connectivity index (χ3n) is 7.48. The number of nitrogens with zero attached hydrogens (tertiary/aromatic N) is 7. The number of phenols is 1. The molecule has 1 amide bonds. The number of nitrogens with one attached hydrogen (secondary N) is 1. The fraction of sp³-hybridized carbons (Fsp3) is 0.161. The molecular formula is C31H25FN8O4. The van der Waals surface area contributed by atoms with E-state index in [1.54, 1.807) is 27.9 Å². The second kappa shape index (κ2) is 11.2. The first-order valence-electron chi connectivity index (χ1n) is 13.9. The molecule has 0 bridgehead atoms. The molecule has 44 heavy (non-hydrogen) atoms. The van der Waals surface area contributed by atoms with Gasteiger partial charge in [-0.15, -0.1) is 5.10 Å². The fourth-order valence-electron chi connectivity index (χ4n) is 5.11. The minimum absolute atomic E-state index is 0.0311. The van der Waals surface area contributed by atoms with E-state index < -0.39 is 11.6 Å². The Labute approximate surface area is 248 Å². The highest BCUT2D eigenvalue weighted by molar-refractivity contribution is 5.94. The summed E-state index contributed by atoms with van der Waals surface area (Å²) < 4.78 is 22.2. The number of carbonyl (C=O) groups excluding carboxylic acids is 1. The maximum atomic E-state index is 13.9. The molecule has 7 rings (SSSR count). The van der Waals surface area contributed by atoms with Crippen LogP contribution >= 0.6 is 0 Å². The van der Waals surface area contributed by atoms with E-state index in [9.17, 15) is 19.1 Å². The number of carbonyl (C=O) groups is 1. The van der Waals surface area contributed by atoms with Gasteiger partial charge in [0, 0.05) is 35.7 Å². The van der Waals surface area contributed by atoms with Crippen molar-refractivity contribution in [2.45, 2.75) is 6.54 Å². The first-order valence-corrected chi connectivity index (χ1v) is 13.9. The average Bonchev–Trinajstić information content (AvgIpc) is 3.71. The first kappa shape index (κ1) is 27.2. The topological polar surface area (TPSA) is 144 Å². The second-order valence-electron chi connectivity index (χ2n) is 10.3. The number of aromatic nitrogens is 7. The molecule has 13 heteroatoms. The number of amides is 1. The van der Waals surface area contributed by atoms with Crippen LogP contribution in [0.4, 0.5) is 4.39 Å². The number of halogens is 1. The number of hydrogen-bond acceptors (Lipinski definition) is 8. The van der Waals surface area contributed by atoms with E-state index in [1.165, 1.54) is 35.0 Å². The molecule has 3 aromatic carbocycles. The molecule has 6 aromatic rings. The number of phenolic OH excluding ortho intramolecular Hbond substituents is 1. The van der Waals surface area contributed by atoms with Gasteiger partial charge in [0.2, 0.25) is 0 Å². The van der Waals surface area contributed by atoms with Crippen LogP contribution in [-0.4, -0.2) is 77.2 Å². The summed E-state index contributed by atoms with van der Waals surface area (Å²) in [4.78, 5) is 27.2. The summed E-state index contributed by atoms with van der Waals surface area (Å²) >= 11 is 0. The Morgan fingerprint density at radius 1 is 0.977 bits per heavy atom. The lowest BCUT2D eigenvalue weighted by atomic mass is 10.1. The number of aromatic amines is 1. The van der Waals surface area contributed by atoms with Crippen LogP contribution in [0.5, 0.6) is 5.75 Å². The molecule has 0 spiro atoms. The van der Waals surface area contributed by atoms with Crippen molar-refractivity contribution in [1.82, 2.24) is 39.9 Å². The number of aromatic hydroxyl groups is 1. The Kier molecular flexibility index (Phi) is 6.91.